The molecule has 3 aromatic rings. The second-order valence-electron chi connectivity index (χ2n) is 11.3. The highest BCUT2D eigenvalue weighted by molar-refractivity contribution is 7.99. The molecule has 0 amide bonds. The number of benzene rings is 1. The summed E-state index contributed by atoms with van der Waals surface area (Å²) in [6.45, 7) is 7.40. The zero-order valence-corrected chi connectivity index (χ0v) is 25.4. The quantitative estimate of drug-likeness (QED) is 0.277. The van der Waals surface area contributed by atoms with E-state index in [1.807, 2.05) is 39.0 Å². The maximum atomic E-state index is 13.3. The summed E-state index contributed by atoms with van der Waals surface area (Å²) in [6.07, 6.45) is 7.69. The fraction of sp³-hybridized carbons (Fsp3) is 0.379. The van der Waals surface area contributed by atoms with Gasteiger partial charge in [-0.15, -0.1) is 4.72 Å². The topological polar surface area (TPSA) is 140 Å². The van der Waals surface area contributed by atoms with Crippen LogP contribution in [0.3, 0.4) is 0 Å². The van der Waals surface area contributed by atoms with Gasteiger partial charge >= 0.3 is 5.97 Å². The maximum absolute atomic E-state index is 13.3. The smallest absolute Gasteiger partial charge is 0.382 e. The summed E-state index contributed by atoms with van der Waals surface area (Å²) >= 11 is 6.37. The van der Waals surface area contributed by atoms with Crippen LogP contribution in [0, 0.1) is 17.3 Å². The number of hydrogen-bond acceptors (Lipinski definition) is 9. The number of carbonyl (C=O) groups is 1. The number of aliphatic carboxylic acids is 1. The molecule has 2 aromatic heterocycles. The monoisotopic (exact) mass is 610 g/mol. The summed E-state index contributed by atoms with van der Waals surface area (Å²) in [5, 5.41) is 10.1. The fourth-order valence-corrected chi connectivity index (χ4v) is 7.25. The highest BCUT2D eigenvalue weighted by Crippen LogP contribution is 2.53. The Bertz CT molecular complexity index is 1510. The summed E-state index contributed by atoms with van der Waals surface area (Å²) in [7, 11) is 0. The third kappa shape index (κ3) is 6.42. The van der Waals surface area contributed by atoms with Crippen LogP contribution in [0.1, 0.15) is 56.3 Å². The summed E-state index contributed by atoms with van der Waals surface area (Å²) in [5.41, 5.74) is 8.54. The summed E-state index contributed by atoms with van der Waals surface area (Å²) in [5.74, 6) is 4.84. The number of rotatable bonds is 5. The van der Waals surface area contributed by atoms with E-state index in [0.717, 1.165) is 48.6 Å². The molecule has 1 aliphatic heterocycles. The number of hydrogen-bond donors (Lipinski definition) is 3. The Hall–Kier alpha value is -3.01. The largest absolute Gasteiger partial charge is 0.598 e. The van der Waals surface area contributed by atoms with Crippen molar-refractivity contribution in [2.24, 2.45) is 5.41 Å². The number of halogens is 1. The van der Waals surface area contributed by atoms with Crippen LogP contribution in [0.15, 0.2) is 52.8 Å². The molecule has 12 heteroatoms. The first-order chi connectivity index (χ1) is 19.4. The molecule has 5 rings (SSSR count). The van der Waals surface area contributed by atoms with Crippen LogP contribution in [-0.2, 0) is 22.6 Å². The number of nitrogens with two attached hydrogens (primary N) is 1. The van der Waals surface area contributed by atoms with Crippen molar-refractivity contribution >= 4 is 52.3 Å². The van der Waals surface area contributed by atoms with E-state index < -0.39 is 22.1 Å². The van der Waals surface area contributed by atoms with E-state index in [-0.39, 0.29) is 17.3 Å². The molecule has 1 aromatic carbocycles. The van der Waals surface area contributed by atoms with Crippen molar-refractivity contribution in [3.63, 3.8) is 0 Å². The van der Waals surface area contributed by atoms with E-state index in [9.17, 15) is 9.35 Å². The molecule has 41 heavy (non-hydrogen) atoms. The zero-order valence-electron chi connectivity index (χ0n) is 23.0. The Morgan fingerprint density at radius 2 is 2.00 bits per heavy atom. The Kier molecular flexibility index (Phi) is 8.41. The van der Waals surface area contributed by atoms with Crippen molar-refractivity contribution in [2.45, 2.75) is 60.7 Å². The van der Waals surface area contributed by atoms with E-state index >= 15 is 0 Å². The molecule has 1 unspecified atom stereocenters. The van der Waals surface area contributed by atoms with Gasteiger partial charge in [-0.2, -0.15) is 0 Å². The van der Waals surface area contributed by atoms with Gasteiger partial charge in [0, 0.05) is 52.4 Å². The lowest BCUT2D eigenvalue weighted by Gasteiger charge is -2.44. The van der Waals surface area contributed by atoms with Gasteiger partial charge < -0.3 is 20.3 Å². The van der Waals surface area contributed by atoms with Gasteiger partial charge in [-0.1, -0.05) is 35.3 Å². The number of anilines is 2. The average Bonchev–Trinajstić information content (AvgIpc) is 3.22. The molecule has 0 saturated carbocycles. The lowest BCUT2D eigenvalue weighted by Crippen LogP contribution is -2.49. The van der Waals surface area contributed by atoms with Crippen LogP contribution < -0.4 is 15.4 Å². The molecule has 214 valence electrons. The number of carboxylic acid groups (broad SMARTS) is 1. The van der Waals surface area contributed by atoms with Gasteiger partial charge in [0.1, 0.15) is 21.4 Å². The van der Waals surface area contributed by atoms with Gasteiger partial charge in [0.15, 0.2) is 0 Å². The molecule has 1 spiro atoms. The van der Waals surface area contributed by atoms with E-state index in [0.29, 0.717) is 15.6 Å². The van der Waals surface area contributed by atoms with Crippen LogP contribution in [0.2, 0.25) is 5.02 Å². The Morgan fingerprint density at radius 1 is 1.24 bits per heavy atom. The SMILES string of the molecule is CC(C)(C)[S+]([O-])N[C@@H]1c2cc(C#CC(=O)O)ccc2CC12CCN(c1cnc(Sc3ccnc(N)c3Cl)cn1)CC2. The number of nitrogen functional groups attached to an aromatic ring is 1. The van der Waals surface area contributed by atoms with Crippen molar-refractivity contribution in [3.8, 4) is 11.8 Å². The number of aromatic nitrogens is 3. The summed E-state index contributed by atoms with van der Waals surface area (Å²) in [6, 6.07) is 7.49. The van der Waals surface area contributed by atoms with Gasteiger partial charge in [-0.3, -0.25) is 0 Å². The van der Waals surface area contributed by atoms with Crippen LogP contribution in [-0.4, -0.2) is 48.4 Å². The minimum absolute atomic E-state index is 0.139. The number of carboxylic acids is 1. The van der Waals surface area contributed by atoms with E-state index in [1.54, 1.807) is 24.7 Å². The van der Waals surface area contributed by atoms with Crippen LogP contribution in [0.5, 0.6) is 0 Å². The standard InChI is InChI=1S/C29H31ClN6O3S2/c1-28(2,3)41(39)35-26-20-14-18(5-7-24(37)38)4-6-19(20)15-29(26)9-12-36(13-10-29)22-16-34-23(17-33-22)40-21-8-11-32-27(31)25(21)30/h4,6,8,11,14,16-17,26,35H,9-10,12-13,15H2,1-3H3,(H2,31,32)(H,37,38)/t26-,41?/m1/s1. The first-order valence-electron chi connectivity index (χ1n) is 13.2. The molecule has 3 heterocycles. The average molecular weight is 611 g/mol. The van der Waals surface area contributed by atoms with Gasteiger partial charge in [-0.05, 0) is 69.4 Å². The van der Waals surface area contributed by atoms with E-state index in [1.165, 1.54) is 17.3 Å². The minimum Gasteiger partial charge on any atom is -0.598 e. The summed E-state index contributed by atoms with van der Waals surface area (Å²) < 4.78 is 16.3. The predicted octanol–water partition coefficient (Wildman–Crippen LogP) is 4.63. The Balaban J connectivity index is 1.34. The van der Waals surface area contributed by atoms with Gasteiger partial charge in [-0.25, -0.2) is 19.7 Å². The highest BCUT2D eigenvalue weighted by Gasteiger charge is 2.50. The molecule has 2 atom stereocenters. The number of pyridine rings is 1. The van der Waals surface area contributed by atoms with E-state index in [4.69, 9.17) is 22.4 Å². The molecule has 1 fully saturated rings. The van der Waals surface area contributed by atoms with Crippen LogP contribution in [0.4, 0.5) is 11.6 Å². The van der Waals surface area contributed by atoms with Gasteiger partial charge in [0.05, 0.1) is 23.5 Å². The molecule has 0 bridgehead atoms. The van der Waals surface area contributed by atoms with Crippen LogP contribution >= 0.6 is 23.4 Å². The molecule has 1 saturated heterocycles. The third-order valence-electron chi connectivity index (χ3n) is 7.50. The first kappa shape index (κ1) is 29.5. The van der Waals surface area contributed by atoms with Crippen molar-refractivity contribution in [2.75, 3.05) is 23.7 Å². The number of nitrogens with one attached hydrogen (secondary N) is 1. The fourth-order valence-electron chi connectivity index (χ4n) is 5.32. The summed E-state index contributed by atoms with van der Waals surface area (Å²) in [4.78, 5) is 27.3. The second kappa shape index (κ2) is 11.7. The number of piperidine rings is 1. The first-order valence-corrected chi connectivity index (χ1v) is 15.5. The second-order valence-corrected chi connectivity index (χ2v) is 14.7. The minimum atomic E-state index is -1.29. The normalized spacial score (nSPS) is 18.5. The maximum Gasteiger partial charge on any atom is 0.382 e. The lowest BCUT2D eigenvalue weighted by molar-refractivity contribution is -0.130. The molecule has 0 radical (unpaired) electrons. The van der Waals surface area contributed by atoms with Gasteiger partial charge in [0.25, 0.3) is 0 Å². The van der Waals surface area contributed by atoms with Crippen molar-refractivity contribution in [3.05, 3.63) is 64.6 Å². The molecule has 4 N–H and O–H groups in total. The molecule has 1 aliphatic carbocycles. The molecule has 2 aliphatic rings. The molecular weight excluding hydrogens is 580 g/mol. The number of nitrogens with zero attached hydrogens (tertiary/aromatic N) is 4. The van der Waals surface area contributed by atoms with Crippen LogP contribution in [0.25, 0.3) is 0 Å². The molecule has 9 nitrogen and oxygen atoms in total. The predicted molar refractivity (Wildman–Crippen MR) is 162 cm³/mol. The van der Waals surface area contributed by atoms with Crippen molar-refractivity contribution < 1.29 is 14.5 Å². The number of fused-ring (bicyclic) bond motifs is 1. The molecular formula is C29H31ClN6O3S2. The van der Waals surface area contributed by atoms with Crippen molar-refractivity contribution in [1.82, 2.24) is 19.7 Å². The van der Waals surface area contributed by atoms with Gasteiger partial charge in [0.2, 0.25) is 0 Å². The Labute approximate surface area is 252 Å². The zero-order chi connectivity index (χ0) is 29.4. The van der Waals surface area contributed by atoms with Crippen molar-refractivity contribution in [1.29, 1.82) is 0 Å². The lowest BCUT2D eigenvalue weighted by atomic mass is 9.73. The Morgan fingerprint density at radius 3 is 2.66 bits per heavy atom. The highest BCUT2D eigenvalue weighted by atomic mass is 35.5. The third-order valence-corrected chi connectivity index (χ3v) is 10.6. The van der Waals surface area contributed by atoms with E-state index in [2.05, 4.69) is 36.4 Å².